The van der Waals surface area contributed by atoms with E-state index in [0.29, 0.717) is 0 Å². The Morgan fingerprint density at radius 2 is 1.76 bits per heavy atom. The number of amides is 1. The number of hydrogen-bond acceptors (Lipinski definition) is 3. The van der Waals surface area contributed by atoms with Crippen molar-refractivity contribution in [1.82, 2.24) is 9.80 Å². The number of amidine groups is 1. The molecule has 1 amide bonds. The normalized spacial score (nSPS) is 25.7. The van der Waals surface area contributed by atoms with Crippen molar-refractivity contribution >= 4 is 11.7 Å². The van der Waals surface area contributed by atoms with Crippen LogP contribution in [0, 0.1) is 0 Å². The quantitative estimate of drug-likeness (QED) is 0.705. The Hall–Kier alpha value is -2.20. The number of likely N-dealkylation sites (tertiary alicyclic amines) is 1. The van der Waals surface area contributed by atoms with Crippen molar-refractivity contribution in [3.05, 3.63) is 59.2 Å². The Labute approximate surface area is 175 Å². The van der Waals surface area contributed by atoms with Crippen molar-refractivity contribution in [3.8, 4) is 0 Å². The van der Waals surface area contributed by atoms with Gasteiger partial charge in [0.25, 0.3) is 5.91 Å². The summed E-state index contributed by atoms with van der Waals surface area (Å²) in [5.41, 5.74) is 2.74. The van der Waals surface area contributed by atoms with Gasteiger partial charge < -0.3 is 4.90 Å². The summed E-state index contributed by atoms with van der Waals surface area (Å²) in [6.07, 6.45) is 11.3. The molecule has 154 valence electrons. The zero-order chi connectivity index (χ0) is 20.3. The Kier molecular flexibility index (Phi) is 6.00. The minimum Gasteiger partial charge on any atom is -0.303 e. The van der Waals surface area contributed by atoms with Crippen molar-refractivity contribution in [2.75, 3.05) is 26.2 Å². The fourth-order valence-electron chi connectivity index (χ4n) is 4.65. The first kappa shape index (κ1) is 20.1. The first-order valence-electron chi connectivity index (χ1n) is 11.1. The van der Waals surface area contributed by atoms with Crippen LogP contribution in [0.2, 0.25) is 0 Å². The molecule has 4 rings (SSSR count). The van der Waals surface area contributed by atoms with Gasteiger partial charge in [-0.3, -0.25) is 9.69 Å². The van der Waals surface area contributed by atoms with Gasteiger partial charge in [0.05, 0.1) is 0 Å². The molecular weight excluding hydrogens is 358 g/mol. The number of rotatable bonds is 6. The highest BCUT2D eigenvalue weighted by Crippen LogP contribution is 2.36. The van der Waals surface area contributed by atoms with Crippen LogP contribution in [0.4, 0.5) is 0 Å². The lowest BCUT2D eigenvalue weighted by atomic mass is 9.92. The van der Waals surface area contributed by atoms with Crippen LogP contribution >= 0.6 is 0 Å². The second-order valence-corrected chi connectivity index (χ2v) is 8.79. The molecule has 1 aromatic carbocycles. The van der Waals surface area contributed by atoms with Crippen molar-refractivity contribution in [2.24, 2.45) is 4.99 Å². The molecule has 29 heavy (non-hydrogen) atoms. The number of hydrogen-bond donors (Lipinski definition) is 0. The molecule has 2 aliphatic heterocycles. The first-order chi connectivity index (χ1) is 14.1. The molecule has 1 saturated heterocycles. The second-order valence-electron chi connectivity index (χ2n) is 8.79. The third kappa shape index (κ3) is 4.23. The molecule has 0 saturated carbocycles. The average molecular weight is 392 g/mol. The maximum atomic E-state index is 13.6. The lowest BCUT2D eigenvalue weighted by molar-refractivity contribution is -0.131. The van der Waals surface area contributed by atoms with E-state index >= 15 is 0 Å². The Morgan fingerprint density at radius 3 is 2.45 bits per heavy atom. The van der Waals surface area contributed by atoms with Gasteiger partial charge in [-0.2, -0.15) is 0 Å². The third-order valence-corrected chi connectivity index (χ3v) is 6.53. The van der Waals surface area contributed by atoms with E-state index in [2.05, 4.69) is 24.0 Å². The van der Waals surface area contributed by atoms with E-state index in [1.165, 1.54) is 43.5 Å². The first-order valence-corrected chi connectivity index (χ1v) is 11.1. The van der Waals surface area contributed by atoms with Crippen LogP contribution in [-0.2, 0) is 10.3 Å². The minimum absolute atomic E-state index is 0.115. The molecule has 4 heteroatoms. The van der Waals surface area contributed by atoms with Crippen molar-refractivity contribution < 1.29 is 4.79 Å². The van der Waals surface area contributed by atoms with E-state index in [1.807, 2.05) is 42.2 Å². The Balaban J connectivity index is 1.56. The van der Waals surface area contributed by atoms with E-state index in [9.17, 15) is 4.79 Å². The molecule has 0 bridgehead atoms. The number of carbonyl (C=O) groups excluding carboxylic acids is 1. The van der Waals surface area contributed by atoms with Crippen molar-refractivity contribution in [3.63, 3.8) is 0 Å². The summed E-state index contributed by atoms with van der Waals surface area (Å²) in [6.45, 7) is 8.35. The van der Waals surface area contributed by atoms with E-state index < -0.39 is 5.54 Å². The highest BCUT2D eigenvalue weighted by Gasteiger charge is 2.46. The highest BCUT2D eigenvalue weighted by atomic mass is 16.2. The van der Waals surface area contributed by atoms with Crippen molar-refractivity contribution in [2.45, 2.75) is 57.9 Å². The monoisotopic (exact) mass is 391 g/mol. The van der Waals surface area contributed by atoms with Gasteiger partial charge in [0.2, 0.25) is 0 Å². The molecule has 1 unspecified atom stereocenters. The fraction of sp³-hybridized carbons (Fsp3) is 0.520. The van der Waals surface area contributed by atoms with Gasteiger partial charge >= 0.3 is 0 Å². The topological polar surface area (TPSA) is 35.9 Å². The van der Waals surface area contributed by atoms with E-state index in [1.54, 1.807) is 0 Å². The van der Waals surface area contributed by atoms with E-state index in [4.69, 9.17) is 4.99 Å². The molecule has 4 nitrogen and oxygen atoms in total. The number of carbonyl (C=O) groups is 1. The number of aliphatic imine (C=N–C) groups is 1. The Morgan fingerprint density at radius 1 is 1.00 bits per heavy atom. The summed E-state index contributed by atoms with van der Waals surface area (Å²) in [5.74, 6) is 1.01. The SMILES string of the molecule is CC1=CC=C(C2=NC(C)(c3ccccc3)C(=O)N2CCCN2CCCCC2)CC1. The lowest BCUT2D eigenvalue weighted by Crippen LogP contribution is -2.41. The summed E-state index contributed by atoms with van der Waals surface area (Å²) in [5, 5.41) is 0. The third-order valence-electron chi connectivity index (χ3n) is 6.53. The summed E-state index contributed by atoms with van der Waals surface area (Å²) < 4.78 is 0. The van der Waals surface area contributed by atoms with E-state index in [-0.39, 0.29) is 5.91 Å². The van der Waals surface area contributed by atoms with Crippen molar-refractivity contribution in [1.29, 1.82) is 0 Å². The molecular formula is C25H33N3O. The maximum Gasteiger partial charge on any atom is 0.260 e. The predicted molar refractivity (Wildman–Crippen MR) is 119 cm³/mol. The largest absolute Gasteiger partial charge is 0.303 e. The molecule has 0 N–H and O–H groups in total. The minimum atomic E-state index is -0.821. The lowest BCUT2D eigenvalue weighted by Gasteiger charge is -2.28. The van der Waals surface area contributed by atoms with Crippen LogP contribution in [0.15, 0.2) is 58.6 Å². The second kappa shape index (κ2) is 8.66. The highest BCUT2D eigenvalue weighted by molar-refractivity contribution is 6.15. The van der Waals surface area contributed by atoms with Gasteiger partial charge in [0.15, 0.2) is 5.54 Å². The summed E-state index contributed by atoms with van der Waals surface area (Å²) in [4.78, 5) is 23.1. The van der Waals surface area contributed by atoms with Crippen LogP contribution in [-0.4, -0.2) is 47.7 Å². The fourth-order valence-corrected chi connectivity index (χ4v) is 4.65. The molecule has 2 heterocycles. The smallest absolute Gasteiger partial charge is 0.260 e. The summed E-state index contributed by atoms with van der Waals surface area (Å²) >= 11 is 0. The molecule has 0 spiro atoms. The van der Waals surface area contributed by atoms with Crippen LogP contribution in [0.25, 0.3) is 0 Å². The Bertz CT molecular complexity index is 833. The number of nitrogens with zero attached hydrogens (tertiary/aromatic N) is 3. The molecule has 0 radical (unpaired) electrons. The van der Waals surface area contributed by atoms with Gasteiger partial charge in [0.1, 0.15) is 5.84 Å². The average Bonchev–Trinajstić information content (AvgIpc) is 3.02. The summed E-state index contributed by atoms with van der Waals surface area (Å²) in [6, 6.07) is 10.0. The molecule has 0 aromatic heterocycles. The van der Waals surface area contributed by atoms with Crippen LogP contribution < -0.4 is 0 Å². The van der Waals surface area contributed by atoms with Gasteiger partial charge in [-0.25, -0.2) is 4.99 Å². The van der Waals surface area contributed by atoms with Crippen LogP contribution in [0.3, 0.4) is 0 Å². The number of piperidine rings is 1. The molecule has 3 aliphatic rings. The number of benzene rings is 1. The van der Waals surface area contributed by atoms with Crippen LogP contribution in [0.5, 0.6) is 0 Å². The van der Waals surface area contributed by atoms with Gasteiger partial charge in [-0.1, -0.05) is 54.5 Å². The molecule has 1 aliphatic carbocycles. The standard InChI is InChI=1S/C25H33N3O/c1-20-12-14-21(15-13-20)23-26-25(2,22-10-5-3-6-11-22)24(29)28(23)19-9-18-27-16-7-4-8-17-27/h3,5-6,10-12,14H,4,7-9,13,15-19H2,1-2H3. The van der Waals surface area contributed by atoms with Gasteiger partial charge in [-0.05, 0) is 76.7 Å². The maximum absolute atomic E-state index is 13.6. The van der Waals surface area contributed by atoms with Gasteiger partial charge in [0, 0.05) is 6.54 Å². The zero-order valence-electron chi connectivity index (χ0n) is 17.9. The van der Waals surface area contributed by atoms with Gasteiger partial charge in [-0.15, -0.1) is 0 Å². The molecule has 1 aromatic rings. The zero-order valence-corrected chi connectivity index (χ0v) is 17.9. The molecule has 1 fully saturated rings. The predicted octanol–water partition coefficient (Wildman–Crippen LogP) is 4.69. The molecule has 1 atom stereocenters. The van der Waals surface area contributed by atoms with E-state index in [0.717, 1.165) is 43.8 Å². The summed E-state index contributed by atoms with van der Waals surface area (Å²) in [7, 11) is 0. The number of allylic oxidation sites excluding steroid dienone is 3. The van der Waals surface area contributed by atoms with Crippen LogP contribution in [0.1, 0.15) is 57.9 Å².